The van der Waals surface area contributed by atoms with E-state index >= 15 is 0 Å². The van der Waals surface area contributed by atoms with Gasteiger partial charge < -0.3 is 4.74 Å². The Morgan fingerprint density at radius 1 is 1.57 bits per heavy atom. The number of hydrogen-bond acceptors (Lipinski definition) is 4. The van der Waals surface area contributed by atoms with Crippen molar-refractivity contribution in [1.29, 1.82) is 0 Å². The Bertz CT molecular complexity index is 685. The third-order valence-electron chi connectivity index (χ3n) is 2.69. The highest BCUT2D eigenvalue weighted by molar-refractivity contribution is 6.31. The topological polar surface area (TPSA) is 57.0 Å². The molecule has 0 aromatic carbocycles. The molecule has 5 nitrogen and oxygen atoms in total. The van der Waals surface area contributed by atoms with Gasteiger partial charge >= 0.3 is 5.97 Å². The predicted molar refractivity (Wildman–Crippen MR) is 76.6 cm³/mol. The van der Waals surface area contributed by atoms with Crippen molar-refractivity contribution in [2.24, 2.45) is 0 Å². The summed E-state index contributed by atoms with van der Waals surface area (Å²) in [5.74, 6) is -1.03. The number of rotatable bonds is 5. The fourth-order valence-corrected chi connectivity index (χ4v) is 2.07. The van der Waals surface area contributed by atoms with Gasteiger partial charge in [0.05, 0.1) is 19.3 Å². The van der Waals surface area contributed by atoms with Gasteiger partial charge in [0.1, 0.15) is 11.0 Å². The van der Waals surface area contributed by atoms with Crippen LogP contribution in [0, 0.1) is 5.82 Å². The molecule has 110 valence electrons. The second kappa shape index (κ2) is 6.49. The molecule has 21 heavy (non-hydrogen) atoms. The van der Waals surface area contributed by atoms with Crippen LogP contribution in [0.5, 0.6) is 0 Å². The average molecular weight is 310 g/mol. The number of esters is 1. The maximum atomic E-state index is 13.1. The first-order chi connectivity index (χ1) is 10.1. The van der Waals surface area contributed by atoms with Crippen molar-refractivity contribution in [3.63, 3.8) is 0 Å². The summed E-state index contributed by atoms with van der Waals surface area (Å²) in [4.78, 5) is 15.6. The fourth-order valence-electron chi connectivity index (χ4n) is 1.81. The van der Waals surface area contributed by atoms with Gasteiger partial charge in [0, 0.05) is 11.8 Å². The predicted octanol–water partition coefficient (Wildman–Crippen LogP) is 2.94. The first-order valence-corrected chi connectivity index (χ1v) is 6.59. The molecule has 0 aliphatic heterocycles. The maximum absolute atomic E-state index is 13.1. The normalized spacial score (nSPS) is 10.4. The molecule has 0 saturated heterocycles. The molecule has 0 aliphatic carbocycles. The van der Waals surface area contributed by atoms with Gasteiger partial charge in [0.25, 0.3) is 0 Å². The van der Waals surface area contributed by atoms with Gasteiger partial charge in [-0.2, -0.15) is 5.10 Å². The second-order valence-corrected chi connectivity index (χ2v) is 4.50. The number of hydrogen-bond donors (Lipinski definition) is 0. The van der Waals surface area contributed by atoms with Crippen molar-refractivity contribution >= 4 is 23.6 Å². The van der Waals surface area contributed by atoms with Crippen LogP contribution in [0.3, 0.4) is 0 Å². The van der Waals surface area contributed by atoms with Gasteiger partial charge in [-0.3, -0.25) is 4.98 Å². The SMILES string of the molecule is C=Cc1c(C(=O)OCC)nn(Cc2cncc(F)c2)c1Cl. The Hall–Kier alpha value is -2.21. The van der Waals surface area contributed by atoms with Crippen LogP contribution < -0.4 is 0 Å². The van der Waals surface area contributed by atoms with Crippen LogP contribution in [-0.2, 0) is 11.3 Å². The van der Waals surface area contributed by atoms with E-state index in [4.69, 9.17) is 16.3 Å². The number of carbonyl (C=O) groups excluding carboxylic acids is 1. The van der Waals surface area contributed by atoms with E-state index in [0.29, 0.717) is 11.1 Å². The summed E-state index contributed by atoms with van der Waals surface area (Å²) in [5.41, 5.74) is 1.05. The Morgan fingerprint density at radius 3 is 2.95 bits per heavy atom. The molecule has 0 atom stereocenters. The highest BCUT2D eigenvalue weighted by atomic mass is 35.5. The molecule has 0 N–H and O–H groups in total. The van der Waals surface area contributed by atoms with Gasteiger partial charge in [-0.05, 0) is 18.6 Å². The van der Waals surface area contributed by atoms with Gasteiger partial charge in [0.2, 0.25) is 0 Å². The van der Waals surface area contributed by atoms with Crippen LogP contribution in [0.2, 0.25) is 5.15 Å². The fraction of sp³-hybridized carbons (Fsp3) is 0.214. The van der Waals surface area contributed by atoms with Gasteiger partial charge in [0.15, 0.2) is 5.69 Å². The molecule has 0 unspecified atom stereocenters. The van der Waals surface area contributed by atoms with Crippen LogP contribution in [0.4, 0.5) is 4.39 Å². The molecule has 0 aliphatic rings. The van der Waals surface area contributed by atoms with E-state index in [2.05, 4.69) is 16.7 Å². The van der Waals surface area contributed by atoms with E-state index in [9.17, 15) is 9.18 Å². The van der Waals surface area contributed by atoms with E-state index in [0.717, 1.165) is 6.20 Å². The van der Waals surface area contributed by atoms with Crippen LogP contribution >= 0.6 is 11.6 Å². The average Bonchev–Trinajstić information content (AvgIpc) is 2.76. The van der Waals surface area contributed by atoms with Crippen molar-refractivity contribution < 1.29 is 13.9 Å². The molecule has 2 heterocycles. The quantitative estimate of drug-likeness (QED) is 0.797. The van der Waals surface area contributed by atoms with Crippen LogP contribution in [0.25, 0.3) is 6.08 Å². The zero-order chi connectivity index (χ0) is 15.4. The van der Waals surface area contributed by atoms with Crippen LogP contribution in [0.1, 0.15) is 28.5 Å². The zero-order valence-corrected chi connectivity index (χ0v) is 12.1. The minimum atomic E-state index is -0.578. The molecular weight excluding hydrogens is 297 g/mol. The Kier molecular flexibility index (Phi) is 4.70. The molecule has 0 amide bonds. The minimum absolute atomic E-state index is 0.0845. The van der Waals surface area contributed by atoms with Crippen LogP contribution in [-0.4, -0.2) is 27.3 Å². The summed E-state index contributed by atoms with van der Waals surface area (Å²) < 4.78 is 19.4. The molecule has 2 aromatic rings. The number of nitrogens with zero attached hydrogens (tertiary/aromatic N) is 3. The summed E-state index contributed by atoms with van der Waals surface area (Å²) in [6, 6.07) is 1.32. The van der Waals surface area contributed by atoms with E-state index in [1.807, 2.05) is 0 Å². The molecule has 2 aromatic heterocycles. The van der Waals surface area contributed by atoms with E-state index in [1.165, 1.54) is 23.0 Å². The monoisotopic (exact) mass is 309 g/mol. The Morgan fingerprint density at radius 2 is 2.33 bits per heavy atom. The number of carbonyl (C=O) groups is 1. The van der Waals surface area contributed by atoms with Gasteiger partial charge in [-0.15, -0.1) is 0 Å². The number of aromatic nitrogens is 3. The maximum Gasteiger partial charge on any atom is 0.359 e. The zero-order valence-electron chi connectivity index (χ0n) is 11.3. The van der Waals surface area contributed by atoms with Crippen molar-refractivity contribution in [2.45, 2.75) is 13.5 Å². The molecule has 0 fully saturated rings. The molecular formula is C14H13ClFN3O2. The van der Waals surface area contributed by atoms with Crippen LogP contribution in [0.15, 0.2) is 25.0 Å². The standard InChI is InChI=1S/C14H13ClFN3O2/c1-3-11-12(14(20)21-4-2)18-19(13(11)15)8-9-5-10(16)7-17-6-9/h3,5-7H,1,4,8H2,2H3. The first-order valence-electron chi connectivity index (χ1n) is 6.22. The van der Waals surface area contributed by atoms with Gasteiger partial charge in [-0.25, -0.2) is 13.9 Å². The lowest BCUT2D eigenvalue weighted by atomic mass is 10.2. The highest BCUT2D eigenvalue weighted by Crippen LogP contribution is 2.23. The number of pyridine rings is 1. The van der Waals surface area contributed by atoms with E-state index in [1.54, 1.807) is 6.92 Å². The summed E-state index contributed by atoms with van der Waals surface area (Å²) in [6.07, 6.45) is 4.04. The highest BCUT2D eigenvalue weighted by Gasteiger charge is 2.21. The Balaban J connectivity index is 2.36. The first kappa shape index (κ1) is 15.2. The minimum Gasteiger partial charge on any atom is -0.461 e. The lowest BCUT2D eigenvalue weighted by Crippen LogP contribution is -2.09. The number of halogens is 2. The second-order valence-electron chi connectivity index (χ2n) is 4.15. The smallest absolute Gasteiger partial charge is 0.359 e. The molecule has 0 saturated carbocycles. The third-order valence-corrected chi connectivity index (χ3v) is 3.09. The summed E-state index contributed by atoms with van der Waals surface area (Å²) in [6.45, 7) is 5.72. The Labute approximate surface area is 126 Å². The van der Waals surface area contributed by atoms with E-state index in [-0.39, 0.29) is 24.0 Å². The summed E-state index contributed by atoms with van der Waals surface area (Å²) >= 11 is 6.17. The third kappa shape index (κ3) is 3.28. The number of ether oxygens (including phenoxy) is 1. The van der Waals surface area contributed by atoms with E-state index < -0.39 is 11.8 Å². The summed E-state index contributed by atoms with van der Waals surface area (Å²) in [5, 5.41) is 4.35. The van der Waals surface area contributed by atoms with Crippen molar-refractivity contribution in [3.05, 3.63) is 52.8 Å². The molecule has 7 heteroatoms. The van der Waals surface area contributed by atoms with Crippen molar-refractivity contribution in [1.82, 2.24) is 14.8 Å². The summed E-state index contributed by atoms with van der Waals surface area (Å²) in [7, 11) is 0. The molecule has 0 bridgehead atoms. The largest absolute Gasteiger partial charge is 0.461 e. The molecule has 0 radical (unpaired) electrons. The van der Waals surface area contributed by atoms with Crippen molar-refractivity contribution in [2.75, 3.05) is 6.61 Å². The molecule has 2 rings (SSSR count). The van der Waals surface area contributed by atoms with Gasteiger partial charge in [-0.1, -0.05) is 24.3 Å². The lowest BCUT2D eigenvalue weighted by molar-refractivity contribution is 0.0518. The van der Waals surface area contributed by atoms with Crippen molar-refractivity contribution in [3.8, 4) is 0 Å². The molecule has 0 spiro atoms. The lowest BCUT2D eigenvalue weighted by Gasteiger charge is -2.03.